The summed E-state index contributed by atoms with van der Waals surface area (Å²) in [6.45, 7) is 6.69. The van der Waals surface area contributed by atoms with Gasteiger partial charge >= 0.3 is 5.97 Å². The summed E-state index contributed by atoms with van der Waals surface area (Å²) >= 11 is 0. The summed E-state index contributed by atoms with van der Waals surface area (Å²) in [5, 5.41) is 9.70. The maximum absolute atomic E-state index is 12.2. The number of nitro groups is 1. The van der Waals surface area contributed by atoms with Crippen LogP contribution in [0.25, 0.3) is 0 Å². The van der Waals surface area contributed by atoms with E-state index in [1.807, 2.05) is 0 Å². The van der Waals surface area contributed by atoms with Gasteiger partial charge in [-0.25, -0.2) is 0 Å². The Kier molecular flexibility index (Phi) is 4.99. The molecule has 0 fully saturated rings. The summed E-state index contributed by atoms with van der Waals surface area (Å²) in [6.07, 6.45) is 0. The van der Waals surface area contributed by atoms with Gasteiger partial charge in [0.2, 0.25) is 0 Å². The fourth-order valence-electron chi connectivity index (χ4n) is 1.38. The standard InChI is InChI=1S/C13H17NO5S/c1-9(12(15)19-13(2,3)4)20(18)11-7-5-10(6-8-11)14(16)17/h5-9H,1-4H3. The van der Waals surface area contributed by atoms with Crippen LogP contribution in [0.15, 0.2) is 29.2 Å². The lowest BCUT2D eigenvalue weighted by Gasteiger charge is -2.21. The molecule has 0 radical (unpaired) electrons. The molecule has 0 aliphatic carbocycles. The highest BCUT2D eigenvalue weighted by atomic mass is 32.2. The van der Waals surface area contributed by atoms with E-state index >= 15 is 0 Å². The lowest BCUT2D eigenvalue weighted by atomic mass is 10.2. The number of ether oxygens (including phenoxy) is 1. The Morgan fingerprint density at radius 2 is 1.80 bits per heavy atom. The van der Waals surface area contributed by atoms with Crippen molar-refractivity contribution >= 4 is 22.5 Å². The topological polar surface area (TPSA) is 86.5 Å². The molecule has 0 saturated carbocycles. The van der Waals surface area contributed by atoms with Crippen LogP contribution in [0.4, 0.5) is 5.69 Å². The van der Waals surface area contributed by atoms with Crippen molar-refractivity contribution in [2.24, 2.45) is 0 Å². The molecule has 0 saturated heterocycles. The number of rotatable bonds is 4. The third kappa shape index (κ3) is 4.41. The van der Waals surface area contributed by atoms with Crippen molar-refractivity contribution < 1.29 is 18.7 Å². The number of nitrogens with zero attached hydrogens (tertiary/aromatic N) is 1. The Hall–Kier alpha value is -1.76. The lowest BCUT2D eigenvalue weighted by Crippen LogP contribution is -2.32. The van der Waals surface area contributed by atoms with Gasteiger partial charge in [0.1, 0.15) is 10.9 Å². The van der Waals surface area contributed by atoms with Crippen molar-refractivity contribution in [2.45, 2.75) is 43.4 Å². The molecule has 2 unspecified atom stereocenters. The molecule has 0 aliphatic heterocycles. The Labute approximate surface area is 119 Å². The molecule has 7 heteroatoms. The van der Waals surface area contributed by atoms with E-state index in [9.17, 15) is 19.1 Å². The van der Waals surface area contributed by atoms with E-state index in [0.717, 1.165) is 0 Å². The summed E-state index contributed by atoms with van der Waals surface area (Å²) in [4.78, 5) is 22.2. The summed E-state index contributed by atoms with van der Waals surface area (Å²) in [7, 11) is -1.61. The molecular formula is C13H17NO5S. The number of nitro benzene ring substituents is 1. The van der Waals surface area contributed by atoms with E-state index in [1.54, 1.807) is 20.8 Å². The second-order valence-electron chi connectivity index (χ2n) is 5.22. The van der Waals surface area contributed by atoms with Crippen molar-refractivity contribution in [3.05, 3.63) is 34.4 Å². The average molecular weight is 299 g/mol. The van der Waals surface area contributed by atoms with Crippen LogP contribution in [-0.4, -0.2) is 26.0 Å². The van der Waals surface area contributed by atoms with Crippen molar-refractivity contribution in [3.8, 4) is 0 Å². The molecule has 6 nitrogen and oxygen atoms in total. The van der Waals surface area contributed by atoms with Crippen LogP contribution in [0.1, 0.15) is 27.7 Å². The van der Waals surface area contributed by atoms with E-state index in [-0.39, 0.29) is 5.69 Å². The maximum atomic E-state index is 12.2. The zero-order valence-electron chi connectivity index (χ0n) is 11.8. The number of non-ortho nitro benzene ring substituents is 1. The van der Waals surface area contributed by atoms with E-state index in [4.69, 9.17) is 4.74 Å². The van der Waals surface area contributed by atoms with Gasteiger partial charge in [0.15, 0.2) is 0 Å². The second kappa shape index (κ2) is 6.13. The van der Waals surface area contributed by atoms with Crippen molar-refractivity contribution in [3.63, 3.8) is 0 Å². The van der Waals surface area contributed by atoms with Gasteiger partial charge in [0, 0.05) is 17.0 Å². The van der Waals surface area contributed by atoms with Crippen LogP contribution >= 0.6 is 0 Å². The lowest BCUT2D eigenvalue weighted by molar-refractivity contribution is -0.384. The average Bonchev–Trinajstić information content (AvgIpc) is 2.35. The smallest absolute Gasteiger partial charge is 0.322 e. The van der Waals surface area contributed by atoms with Gasteiger partial charge in [-0.15, -0.1) is 0 Å². The minimum Gasteiger partial charge on any atom is -0.459 e. The number of hydrogen-bond acceptors (Lipinski definition) is 5. The second-order valence-corrected chi connectivity index (χ2v) is 7.00. The molecule has 20 heavy (non-hydrogen) atoms. The van der Waals surface area contributed by atoms with E-state index in [2.05, 4.69) is 0 Å². The molecule has 1 aromatic carbocycles. The molecular weight excluding hydrogens is 282 g/mol. The van der Waals surface area contributed by atoms with Gasteiger partial charge < -0.3 is 4.74 Å². The van der Waals surface area contributed by atoms with E-state index in [0.29, 0.717) is 4.90 Å². The summed E-state index contributed by atoms with van der Waals surface area (Å²) in [5.74, 6) is -0.561. The molecule has 0 heterocycles. The number of benzene rings is 1. The quantitative estimate of drug-likeness (QED) is 0.484. The van der Waals surface area contributed by atoms with Crippen LogP contribution in [-0.2, 0) is 20.3 Å². The first-order chi connectivity index (χ1) is 9.11. The minimum absolute atomic E-state index is 0.0873. The zero-order valence-corrected chi connectivity index (χ0v) is 12.6. The van der Waals surface area contributed by atoms with Gasteiger partial charge in [0.05, 0.1) is 15.7 Å². The fraction of sp³-hybridized carbons (Fsp3) is 0.462. The molecule has 0 N–H and O–H groups in total. The van der Waals surface area contributed by atoms with Gasteiger partial charge in [-0.1, -0.05) is 0 Å². The third-order valence-corrected chi connectivity index (χ3v) is 3.91. The Morgan fingerprint density at radius 1 is 1.30 bits per heavy atom. The Morgan fingerprint density at radius 3 is 2.20 bits per heavy atom. The summed E-state index contributed by atoms with van der Waals surface area (Å²) in [5.41, 5.74) is -0.735. The number of hydrogen-bond donors (Lipinski definition) is 0. The predicted octanol–water partition coefficient (Wildman–Crippen LogP) is 2.43. The Balaban J connectivity index is 2.84. The van der Waals surface area contributed by atoms with Crippen LogP contribution in [0.3, 0.4) is 0 Å². The molecule has 110 valence electrons. The highest BCUT2D eigenvalue weighted by Crippen LogP contribution is 2.19. The van der Waals surface area contributed by atoms with Gasteiger partial charge in [0.25, 0.3) is 5.69 Å². The molecule has 0 spiro atoms. The molecule has 0 aromatic heterocycles. The molecule has 2 atom stereocenters. The summed E-state index contributed by atoms with van der Waals surface area (Å²) in [6, 6.07) is 5.29. The molecule has 1 rings (SSSR count). The van der Waals surface area contributed by atoms with Crippen LogP contribution in [0.2, 0.25) is 0 Å². The zero-order chi connectivity index (χ0) is 15.5. The number of esters is 1. The normalized spacial score (nSPS) is 14.4. The van der Waals surface area contributed by atoms with Gasteiger partial charge in [-0.05, 0) is 39.8 Å². The largest absolute Gasteiger partial charge is 0.459 e. The number of carbonyl (C=O) groups excluding carboxylic acids is 1. The number of carbonyl (C=O) groups is 1. The first-order valence-electron chi connectivity index (χ1n) is 6.00. The van der Waals surface area contributed by atoms with Crippen LogP contribution < -0.4 is 0 Å². The maximum Gasteiger partial charge on any atom is 0.322 e. The first kappa shape index (κ1) is 16.3. The van der Waals surface area contributed by atoms with E-state index in [1.165, 1.54) is 31.2 Å². The highest BCUT2D eigenvalue weighted by molar-refractivity contribution is 7.86. The van der Waals surface area contributed by atoms with Crippen molar-refractivity contribution in [1.29, 1.82) is 0 Å². The summed E-state index contributed by atoms with van der Waals surface area (Å²) < 4.78 is 17.4. The highest BCUT2D eigenvalue weighted by Gasteiger charge is 2.27. The van der Waals surface area contributed by atoms with E-state index < -0.39 is 32.5 Å². The molecule has 0 amide bonds. The van der Waals surface area contributed by atoms with Crippen LogP contribution in [0.5, 0.6) is 0 Å². The van der Waals surface area contributed by atoms with Crippen LogP contribution in [0, 0.1) is 10.1 Å². The van der Waals surface area contributed by atoms with Gasteiger partial charge in [-0.2, -0.15) is 0 Å². The molecule has 1 aromatic rings. The third-order valence-electron chi connectivity index (χ3n) is 2.34. The first-order valence-corrected chi connectivity index (χ1v) is 7.21. The minimum atomic E-state index is -1.61. The molecule has 0 bridgehead atoms. The predicted molar refractivity (Wildman–Crippen MR) is 74.8 cm³/mol. The van der Waals surface area contributed by atoms with Crippen molar-refractivity contribution in [1.82, 2.24) is 0 Å². The Bertz CT molecular complexity index is 533. The monoisotopic (exact) mass is 299 g/mol. The van der Waals surface area contributed by atoms with Gasteiger partial charge in [-0.3, -0.25) is 19.1 Å². The fourth-order valence-corrected chi connectivity index (χ4v) is 2.41. The SMILES string of the molecule is CC(C(=O)OC(C)(C)C)S(=O)c1ccc([N+](=O)[O-])cc1. The van der Waals surface area contributed by atoms with Crippen molar-refractivity contribution in [2.75, 3.05) is 0 Å². The molecule has 0 aliphatic rings.